The molecule has 0 spiro atoms. The summed E-state index contributed by atoms with van der Waals surface area (Å²) in [4.78, 5) is 35.3. The van der Waals surface area contributed by atoms with Gasteiger partial charge < -0.3 is 4.90 Å². The van der Waals surface area contributed by atoms with Crippen molar-refractivity contribution in [3.63, 3.8) is 0 Å². The van der Waals surface area contributed by atoms with Gasteiger partial charge in [-0.3, -0.25) is 24.5 Å². The molecule has 5 heterocycles. The molecule has 15 heteroatoms. The number of fused-ring (bicyclic) bond motifs is 2. The first-order valence-electron chi connectivity index (χ1n) is 15.1. The molecule has 0 saturated carbocycles. The lowest BCUT2D eigenvalue weighted by Gasteiger charge is -2.35. The van der Waals surface area contributed by atoms with Crippen LogP contribution in [0, 0.1) is 0 Å². The summed E-state index contributed by atoms with van der Waals surface area (Å²) in [6, 6.07) is 8.19. The van der Waals surface area contributed by atoms with Crippen molar-refractivity contribution < 1.29 is 18.0 Å². The molecule has 2 saturated heterocycles. The summed E-state index contributed by atoms with van der Waals surface area (Å²) in [5, 5.41) is 8.27. The van der Waals surface area contributed by atoms with Crippen LogP contribution in [0.1, 0.15) is 24.6 Å². The Bertz CT molecular complexity index is 1710. The van der Waals surface area contributed by atoms with Crippen LogP contribution >= 0.6 is 11.3 Å². The molecule has 2 fully saturated rings. The SMILES string of the molecule is CCONC(=O)CCCN1CCN(c2nc(-c3cccc4[nH]ncc34)nc3cc(CN4CCN(S(C)(=O)=O)CC4)sc23)CC1. The number of hydrogen-bond acceptors (Lipinski definition) is 11. The summed E-state index contributed by atoms with van der Waals surface area (Å²) >= 11 is 1.72. The van der Waals surface area contributed by atoms with E-state index in [1.54, 1.807) is 15.6 Å². The van der Waals surface area contributed by atoms with E-state index in [0.29, 0.717) is 45.0 Å². The standard InChI is InChI=1S/C29H39N9O4S2/c1-3-42-34-26(39)8-5-9-35-10-14-37(15-11-35)29-27-25(31-28(32-29)22-6-4-7-24-23(22)19-30-33-24)18-21(43-27)20-36-12-16-38(17-13-36)44(2,40)41/h4,6-7,18-19H,3,5,8-17,20H2,1-2H3,(H,30,33)(H,34,39). The van der Waals surface area contributed by atoms with Gasteiger partial charge in [-0.2, -0.15) is 9.40 Å². The summed E-state index contributed by atoms with van der Waals surface area (Å²) in [5.41, 5.74) is 5.26. The van der Waals surface area contributed by atoms with Crippen molar-refractivity contribution >= 4 is 54.2 Å². The van der Waals surface area contributed by atoms with Crippen LogP contribution in [0.2, 0.25) is 0 Å². The van der Waals surface area contributed by atoms with E-state index in [0.717, 1.165) is 78.2 Å². The number of carbonyl (C=O) groups is 1. The molecule has 0 bridgehead atoms. The van der Waals surface area contributed by atoms with Gasteiger partial charge in [0.2, 0.25) is 15.9 Å². The molecule has 1 aromatic carbocycles. The van der Waals surface area contributed by atoms with Crippen LogP contribution in [-0.4, -0.2) is 120 Å². The minimum Gasteiger partial charge on any atom is -0.353 e. The van der Waals surface area contributed by atoms with Crippen LogP contribution in [0.5, 0.6) is 0 Å². The first kappa shape index (κ1) is 30.8. The van der Waals surface area contributed by atoms with Crippen molar-refractivity contribution in [3.8, 4) is 11.4 Å². The molecule has 0 unspecified atom stereocenters. The van der Waals surface area contributed by atoms with E-state index in [-0.39, 0.29) is 5.91 Å². The molecule has 44 heavy (non-hydrogen) atoms. The quantitative estimate of drug-likeness (QED) is 0.235. The van der Waals surface area contributed by atoms with Gasteiger partial charge in [-0.25, -0.2) is 23.9 Å². The number of benzene rings is 1. The summed E-state index contributed by atoms with van der Waals surface area (Å²) in [7, 11) is -3.17. The zero-order chi connectivity index (χ0) is 30.7. The van der Waals surface area contributed by atoms with Gasteiger partial charge in [0, 0.05) is 81.2 Å². The van der Waals surface area contributed by atoms with E-state index in [4.69, 9.17) is 14.8 Å². The summed E-state index contributed by atoms with van der Waals surface area (Å²) in [6.45, 7) is 9.73. The molecule has 1 amide bonds. The number of H-pyrrole nitrogens is 1. The summed E-state index contributed by atoms with van der Waals surface area (Å²) in [6.07, 6.45) is 4.32. The highest BCUT2D eigenvalue weighted by Gasteiger charge is 2.26. The van der Waals surface area contributed by atoms with E-state index in [1.165, 1.54) is 11.1 Å². The number of aromatic nitrogens is 4. The Kier molecular flexibility index (Phi) is 9.40. The number of piperazine rings is 2. The summed E-state index contributed by atoms with van der Waals surface area (Å²) < 4.78 is 26.5. The van der Waals surface area contributed by atoms with Gasteiger partial charge in [0.05, 0.1) is 34.8 Å². The van der Waals surface area contributed by atoms with Gasteiger partial charge in [0.15, 0.2) is 11.6 Å². The minimum atomic E-state index is -3.17. The topological polar surface area (TPSA) is 140 Å². The second-order valence-electron chi connectivity index (χ2n) is 11.3. The number of carbonyl (C=O) groups excluding carboxylic acids is 1. The number of anilines is 1. The van der Waals surface area contributed by atoms with Gasteiger partial charge in [0.25, 0.3) is 0 Å². The molecule has 0 atom stereocenters. The fraction of sp³-hybridized carbons (Fsp3) is 0.517. The van der Waals surface area contributed by atoms with Crippen molar-refractivity contribution in [1.29, 1.82) is 0 Å². The highest BCUT2D eigenvalue weighted by Crippen LogP contribution is 2.36. The van der Waals surface area contributed by atoms with Crippen molar-refractivity contribution in [2.45, 2.75) is 26.3 Å². The third kappa shape index (κ3) is 7.03. The van der Waals surface area contributed by atoms with Crippen molar-refractivity contribution in [3.05, 3.63) is 35.3 Å². The van der Waals surface area contributed by atoms with E-state index in [2.05, 4.69) is 36.4 Å². The first-order chi connectivity index (χ1) is 21.3. The number of amides is 1. The predicted octanol–water partition coefficient (Wildman–Crippen LogP) is 2.28. The molecule has 236 valence electrons. The predicted molar refractivity (Wildman–Crippen MR) is 172 cm³/mol. The van der Waals surface area contributed by atoms with Crippen molar-refractivity contribution in [1.82, 2.24) is 39.8 Å². The Hall–Kier alpha value is -3.21. The molecular weight excluding hydrogens is 603 g/mol. The van der Waals surface area contributed by atoms with Gasteiger partial charge in [-0.1, -0.05) is 12.1 Å². The van der Waals surface area contributed by atoms with Gasteiger partial charge >= 0.3 is 0 Å². The van der Waals surface area contributed by atoms with E-state index in [1.807, 2.05) is 31.3 Å². The zero-order valence-corrected chi connectivity index (χ0v) is 26.8. The average Bonchev–Trinajstić information content (AvgIpc) is 3.66. The maximum Gasteiger partial charge on any atom is 0.243 e. The van der Waals surface area contributed by atoms with Crippen LogP contribution in [0.4, 0.5) is 5.82 Å². The lowest BCUT2D eigenvalue weighted by Crippen LogP contribution is -2.47. The lowest BCUT2D eigenvalue weighted by atomic mass is 10.1. The van der Waals surface area contributed by atoms with Gasteiger partial charge in [-0.15, -0.1) is 11.3 Å². The number of rotatable bonds is 11. The molecule has 4 aromatic rings. The normalized spacial score (nSPS) is 17.5. The van der Waals surface area contributed by atoms with Crippen molar-refractivity contribution in [2.24, 2.45) is 0 Å². The number of hydrogen-bond donors (Lipinski definition) is 2. The molecule has 6 rings (SSSR count). The second kappa shape index (κ2) is 13.4. The van der Waals surface area contributed by atoms with E-state index >= 15 is 0 Å². The van der Waals surface area contributed by atoms with Gasteiger partial charge in [-0.05, 0) is 32.0 Å². The Morgan fingerprint density at radius 1 is 1.07 bits per heavy atom. The summed E-state index contributed by atoms with van der Waals surface area (Å²) in [5.74, 6) is 1.53. The largest absolute Gasteiger partial charge is 0.353 e. The third-order valence-corrected chi connectivity index (χ3v) is 10.6. The highest BCUT2D eigenvalue weighted by atomic mass is 32.2. The molecule has 2 aliphatic heterocycles. The Morgan fingerprint density at radius 3 is 2.59 bits per heavy atom. The van der Waals surface area contributed by atoms with E-state index in [9.17, 15) is 13.2 Å². The fourth-order valence-electron chi connectivity index (χ4n) is 5.83. The average molecular weight is 642 g/mol. The number of nitrogens with zero attached hydrogens (tertiary/aromatic N) is 7. The van der Waals surface area contributed by atoms with E-state index < -0.39 is 10.0 Å². The molecule has 0 radical (unpaired) electrons. The van der Waals surface area contributed by atoms with Crippen LogP contribution in [0.15, 0.2) is 30.5 Å². The lowest BCUT2D eigenvalue weighted by molar-refractivity contribution is -0.133. The minimum absolute atomic E-state index is 0.0835. The molecule has 3 aromatic heterocycles. The van der Waals surface area contributed by atoms with Crippen LogP contribution in [-0.2, 0) is 26.2 Å². The Morgan fingerprint density at radius 2 is 1.84 bits per heavy atom. The smallest absolute Gasteiger partial charge is 0.243 e. The monoisotopic (exact) mass is 641 g/mol. The molecule has 2 N–H and O–H groups in total. The van der Waals surface area contributed by atoms with Crippen LogP contribution in [0.3, 0.4) is 0 Å². The van der Waals surface area contributed by atoms with Crippen LogP contribution < -0.4 is 10.4 Å². The second-order valence-corrected chi connectivity index (χ2v) is 14.4. The molecule has 0 aliphatic carbocycles. The molecule has 2 aliphatic rings. The van der Waals surface area contributed by atoms with Crippen molar-refractivity contribution in [2.75, 3.05) is 76.7 Å². The van der Waals surface area contributed by atoms with Gasteiger partial charge in [0.1, 0.15) is 0 Å². The maximum atomic E-state index is 12.0. The maximum absolute atomic E-state index is 12.0. The number of aromatic amines is 1. The molecule has 13 nitrogen and oxygen atoms in total. The Labute approximate surface area is 261 Å². The Balaban J connectivity index is 1.21. The number of hydroxylamine groups is 1. The van der Waals surface area contributed by atoms with Crippen LogP contribution in [0.25, 0.3) is 32.5 Å². The fourth-order valence-corrected chi connectivity index (χ4v) is 7.81. The molecular formula is C29H39N9O4S2. The number of nitrogens with one attached hydrogen (secondary N) is 2. The first-order valence-corrected chi connectivity index (χ1v) is 17.7. The third-order valence-electron chi connectivity index (χ3n) is 8.19. The highest BCUT2D eigenvalue weighted by molar-refractivity contribution is 7.88. The number of thiophene rings is 1. The zero-order valence-electron chi connectivity index (χ0n) is 25.2. The number of sulfonamides is 1.